The fraction of sp³-hybridized carbons (Fsp3) is 0.833. The number of nitrogens with zero attached hydrogens (tertiary/aromatic N) is 2. The number of urea groups is 1. The lowest BCUT2D eigenvalue weighted by atomic mass is 9.91. The zero-order valence-corrected chi connectivity index (χ0v) is 12.8. The molecule has 0 aromatic heterocycles. The molecule has 4 nitrogen and oxygen atoms in total. The second-order valence-electron chi connectivity index (χ2n) is 5.58. The molecule has 0 N–H and O–H groups in total. The summed E-state index contributed by atoms with van der Waals surface area (Å²) in [6.07, 6.45) is 1.39. The van der Waals surface area contributed by atoms with E-state index in [2.05, 4.69) is 0 Å². The molecule has 5 heteroatoms. The van der Waals surface area contributed by atoms with E-state index in [1.165, 1.54) is 0 Å². The molecule has 0 saturated carbocycles. The Hall–Kier alpha value is -0.843. The summed E-state index contributed by atoms with van der Waals surface area (Å²) in [5.41, 5.74) is -0.591. The highest BCUT2D eigenvalue weighted by molar-refractivity contribution is 6.78. The van der Waals surface area contributed by atoms with E-state index in [1.54, 1.807) is 9.47 Å². The third-order valence-corrected chi connectivity index (χ3v) is 5.43. The van der Waals surface area contributed by atoms with Crippen LogP contribution in [-0.2, 0) is 4.79 Å². The Balaban J connectivity index is 3.28. The van der Waals surface area contributed by atoms with E-state index in [0.29, 0.717) is 19.4 Å². The van der Waals surface area contributed by atoms with Crippen LogP contribution in [0.3, 0.4) is 0 Å². The number of hydrogen-bond acceptors (Lipinski definition) is 2. The SMILES string of the molecule is CCN1C(=O)N([Si](C)(C)C)C(=O)C1(CC)CC. The molecule has 0 bridgehead atoms. The summed E-state index contributed by atoms with van der Waals surface area (Å²) >= 11 is 0. The maximum absolute atomic E-state index is 12.6. The molecule has 98 valence electrons. The Bertz CT molecular complexity index is 332. The summed E-state index contributed by atoms with van der Waals surface area (Å²) < 4.78 is 1.56. The van der Waals surface area contributed by atoms with E-state index >= 15 is 0 Å². The molecule has 1 rings (SSSR count). The molecule has 0 radical (unpaired) electrons. The molecule has 0 unspecified atom stereocenters. The van der Waals surface area contributed by atoms with Crippen LogP contribution >= 0.6 is 0 Å². The molecular formula is C12H24N2O2Si. The van der Waals surface area contributed by atoms with Gasteiger partial charge in [-0.25, -0.2) is 4.79 Å². The molecule has 0 aromatic carbocycles. The van der Waals surface area contributed by atoms with E-state index < -0.39 is 13.8 Å². The van der Waals surface area contributed by atoms with Crippen molar-refractivity contribution in [2.24, 2.45) is 0 Å². The lowest BCUT2D eigenvalue weighted by Gasteiger charge is -2.32. The van der Waals surface area contributed by atoms with Gasteiger partial charge in [-0.2, -0.15) is 0 Å². The van der Waals surface area contributed by atoms with Crippen LogP contribution in [0.4, 0.5) is 4.79 Å². The van der Waals surface area contributed by atoms with Gasteiger partial charge in [0.1, 0.15) is 5.54 Å². The lowest BCUT2D eigenvalue weighted by molar-refractivity contribution is -0.131. The summed E-state index contributed by atoms with van der Waals surface area (Å²) in [6.45, 7) is 12.6. The second-order valence-corrected chi connectivity index (χ2v) is 10.4. The first-order valence-electron chi connectivity index (χ1n) is 6.42. The summed E-state index contributed by atoms with van der Waals surface area (Å²) in [7, 11) is -1.94. The van der Waals surface area contributed by atoms with Crippen LogP contribution in [0.15, 0.2) is 0 Å². The second kappa shape index (κ2) is 4.44. The van der Waals surface area contributed by atoms with Crippen molar-refractivity contribution in [3.8, 4) is 0 Å². The molecule has 1 aliphatic heterocycles. The van der Waals surface area contributed by atoms with Gasteiger partial charge in [-0.3, -0.25) is 9.36 Å². The van der Waals surface area contributed by atoms with Crippen LogP contribution in [0.2, 0.25) is 19.6 Å². The van der Waals surface area contributed by atoms with Crippen LogP contribution in [0.25, 0.3) is 0 Å². The zero-order valence-electron chi connectivity index (χ0n) is 11.8. The van der Waals surface area contributed by atoms with Crippen LogP contribution in [0.1, 0.15) is 33.6 Å². The molecular weight excluding hydrogens is 232 g/mol. The highest BCUT2D eigenvalue weighted by atomic mass is 28.3. The number of carbonyl (C=O) groups excluding carboxylic acids is 2. The van der Waals surface area contributed by atoms with Gasteiger partial charge in [0.05, 0.1) is 0 Å². The Labute approximate surface area is 105 Å². The van der Waals surface area contributed by atoms with E-state index in [1.807, 2.05) is 40.4 Å². The minimum atomic E-state index is -1.94. The smallest absolute Gasteiger partial charge is 0.311 e. The third-order valence-electron chi connectivity index (χ3n) is 3.70. The number of carbonyl (C=O) groups is 2. The van der Waals surface area contributed by atoms with Crippen molar-refractivity contribution in [2.75, 3.05) is 6.54 Å². The van der Waals surface area contributed by atoms with Gasteiger partial charge in [0, 0.05) is 6.54 Å². The van der Waals surface area contributed by atoms with Crippen molar-refractivity contribution in [3.63, 3.8) is 0 Å². The van der Waals surface area contributed by atoms with Gasteiger partial charge in [-0.1, -0.05) is 33.5 Å². The topological polar surface area (TPSA) is 40.6 Å². The quantitative estimate of drug-likeness (QED) is 0.573. The molecule has 0 atom stereocenters. The Morgan fingerprint density at radius 1 is 1.06 bits per heavy atom. The number of amides is 3. The van der Waals surface area contributed by atoms with Crippen molar-refractivity contribution in [2.45, 2.75) is 58.8 Å². The molecule has 0 spiro atoms. The van der Waals surface area contributed by atoms with Gasteiger partial charge in [0.2, 0.25) is 5.91 Å². The molecule has 1 aliphatic rings. The highest BCUT2D eigenvalue weighted by Crippen LogP contribution is 2.36. The van der Waals surface area contributed by atoms with Crippen molar-refractivity contribution in [1.29, 1.82) is 0 Å². The maximum atomic E-state index is 12.6. The van der Waals surface area contributed by atoms with Gasteiger partial charge in [0.15, 0.2) is 8.24 Å². The van der Waals surface area contributed by atoms with Crippen molar-refractivity contribution in [3.05, 3.63) is 0 Å². The first kappa shape index (κ1) is 14.2. The largest absolute Gasteiger partial charge is 0.319 e. The standard InChI is InChI=1S/C12H24N2O2Si/c1-7-12(8-2)10(15)14(17(4,5)6)11(16)13(12)9-3/h7-9H2,1-6H3. The number of hydrogen-bond donors (Lipinski definition) is 0. The van der Waals surface area contributed by atoms with Gasteiger partial charge in [-0.15, -0.1) is 0 Å². The molecule has 1 fully saturated rings. The van der Waals surface area contributed by atoms with E-state index in [-0.39, 0.29) is 11.9 Å². The summed E-state index contributed by atoms with van der Waals surface area (Å²) in [6, 6.07) is -0.0830. The van der Waals surface area contributed by atoms with Crippen molar-refractivity contribution < 1.29 is 9.59 Å². The summed E-state index contributed by atoms with van der Waals surface area (Å²) in [4.78, 5) is 26.8. The van der Waals surface area contributed by atoms with Crippen LogP contribution in [-0.4, -0.2) is 41.7 Å². The van der Waals surface area contributed by atoms with Crippen molar-refractivity contribution >= 4 is 20.2 Å². The van der Waals surface area contributed by atoms with Crippen LogP contribution in [0, 0.1) is 0 Å². The molecule has 1 saturated heterocycles. The number of likely N-dealkylation sites (N-methyl/N-ethyl adjacent to an activating group) is 1. The van der Waals surface area contributed by atoms with E-state index in [9.17, 15) is 9.59 Å². The van der Waals surface area contributed by atoms with Crippen LogP contribution in [0.5, 0.6) is 0 Å². The summed E-state index contributed by atoms with van der Waals surface area (Å²) in [5.74, 6) is 0.0218. The minimum Gasteiger partial charge on any atom is -0.311 e. The number of rotatable bonds is 4. The molecule has 0 aliphatic carbocycles. The first-order chi connectivity index (χ1) is 7.76. The van der Waals surface area contributed by atoms with Gasteiger partial charge in [-0.05, 0) is 19.8 Å². The molecule has 1 heterocycles. The fourth-order valence-corrected chi connectivity index (χ4v) is 4.19. The van der Waals surface area contributed by atoms with E-state index in [4.69, 9.17) is 0 Å². The van der Waals surface area contributed by atoms with Gasteiger partial charge >= 0.3 is 6.03 Å². The zero-order chi connectivity index (χ0) is 13.4. The van der Waals surface area contributed by atoms with E-state index in [0.717, 1.165) is 0 Å². The van der Waals surface area contributed by atoms with Crippen molar-refractivity contribution in [1.82, 2.24) is 9.47 Å². The fourth-order valence-electron chi connectivity index (χ4n) is 2.68. The minimum absolute atomic E-state index is 0.0218. The number of imide groups is 1. The first-order valence-corrected chi connectivity index (χ1v) is 9.87. The molecule has 0 aromatic rings. The van der Waals surface area contributed by atoms with Gasteiger partial charge < -0.3 is 4.90 Å². The predicted molar refractivity (Wildman–Crippen MR) is 71.3 cm³/mol. The predicted octanol–water partition coefficient (Wildman–Crippen LogP) is 2.66. The van der Waals surface area contributed by atoms with Crippen LogP contribution < -0.4 is 0 Å². The monoisotopic (exact) mass is 256 g/mol. The maximum Gasteiger partial charge on any atom is 0.319 e. The normalized spacial score (nSPS) is 20.4. The summed E-state index contributed by atoms with van der Waals surface area (Å²) in [5, 5.41) is 0. The Morgan fingerprint density at radius 3 is 1.76 bits per heavy atom. The highest BCUT2D eigenvalue weighted by Gasteiger charge is 2.57. The average molecular weight is 256 g/mol. The average Bonchev–Trinajstić information content (AvgIpc) is 2.45. The Morgan fingerprint density at radius 2 is 1.53 bits per heavy atom. The third kappa shape index (κ3) is 1.90. The Kier molecular flexibility index (Phi) is 3.71. The van der Waals surface area contributed by atoms with Gasteiger partial charge in [0.25, 0.3) is 0 Å². The lowest BCUT2D eigenvalue weighted by Crippen LogP contribution is -2.52. The molecule has 3 amide bonds. The molecule has 17 heavy (non-hydrogen) atoms.